The highest BCUT2D eigenvalue weighted by atomic mass is 32.1. The molecular weight excluding hydrogens is 249 g/mol. The highest BCUT2D eigenvalue weighted by Crippen LogP contribution is 2.33. The number of fused-ring (bicyclic) bond motifs is 1. The number of alkyl halides is 3. The molecule has 1 aromatic carbocycles. The van der Waals surface area contributed by atoms with Crippen molar-refractivity contribution in [2.45, 2.75) is 19.1 Å². The predicted molar refractivity (Wildman–Crippen MR) is 62.1 cm³/mol. The fourth-order valence-corrected chi connectivity index (χ4v) is 2.44. The van der Waals surface area contributed by atoms with Crippen LogP contribution in [0.3, 0.4) is 0 Å². The SMILES string of the molecule is CNC(C)c1nc2cc(C(F)(F)F)ccc2s1. The maximum atomic E-state index is 12.5. The second kappa shape index (κ2) is 4.27. The van der Waals surface area contributed by atoms with E-state index in [2.05, 4.69) is 10.3 Å². The van der Waals surface area contributed by atoms with E-state index in [1.54, 1.807) is 7.05 Å². The first-order chi connectivity index (χ1) is 7.91. The monoisotopic (exact) mass is 260 g/mol. The number of nitrogens with zero attached hydrogens (tertiary/aromatic N) is 1. The Labute approximate surface area is 100 Å². The van der Waals surface area contributed by atoms with Crippen molar-refractivity contribution in [2.75, 3.05) is 7.05 Å². The summed E-state index contributed by atoms with van der Waals surface area (Å²) in [4.78, 5) is 4.21. The summed E-state index contributed by atoms with van der Waals surface area (Å²) in [5, 5.41) is 3.81. The van der Waals surface area contributed by atoms with Crippen molar-refractivity contribution in [1.82, 2.24) is 10.3 Å². The molecule has 17 heavy (non-hydrogen) atoms. The molecule has 1 N–H and O–H groups in total. The molecule has 2 nitrogen and oxygen atoms in total. The third-order valence-corrected chi connectivity index (χ3v) is 3.75. The van der Waals surface area contributed by atoms with Crippen molar-refractivity contribution in [2.24, 2.45) is 0 Å². The average Bonchev–Trinajstić information content (AvgIpc) is 2.69. The van der Waals surface area contributed by atoms with Gasteiger partial charge in [-0.3, -0.25) is 0 Å². The van der Waals surface area contributed by atoms with Gasteiger partial charge < -0.3 is 5.32 Å². The quantitative estimate of drug-likeness (QED) is 0.892. The standard InChI is InChI=1S/C11H11F3N2S/c1-6(15-2)10-16-8-5-7(11(12,13)14)3-4-9(8)17-10/h3-6,15H,1-2H3. The lowest BCUT2D eigenvalue weighted by Crippen LogP contribution is -2.11. The largest absolute Gasteiger partial charge is 0.416 e. The molecule has 0 bridgehead atoms. The zero-order valence-corrected chi connectivity index (χ0v) is 10.1. The lowest BCUT2D eigenvalue weighted by atomic mass is 10.2. The fraction of sp³-hybridized carbons (Fsp3) is 0.364. The van der Waals surface area contributed by atoms with Crippen molar-refractivity contribution < 1.29 is 13.2 Å². The molecule has 0 fully saturated rings. The molecule has 0 aliphatic rings. The Morgan fingerprint density at radius 1 is 1.35 bits per heavy atom. The minimum absolute atomic E-state index is 0.0433. The number of thiazole rings is 1. The van der Waals surface area contributed by atoms with Crippen molar-refractivity contribution >= 4 is 21.6 Å². The molecule has 1 aromatic heterocycles. The summed E-state index contributed by atoms with van der Waals surface area (Å²) >= 11 is 1.41. The first kappa shape index (κ1) is 12.3. The Balaban J connectivity index is 2.48. The number of hydrogen-bond acceptors (Lipinski definition) is 3. The molecule has 0 radical (unpaired) electrons. The van der Waals surface area contributed by atoms with Gasteiger partial charge in [0, 0.05) is 0 Å². The molecule has 1 unspecified atom stereocenters. The zero-order chi connectivity index (χ0) is 12.6. The Morgan fingerprint density at radius 2 is 2.06 bits per heavy atom. The van der Waals surface area contributed by atoms with Crippen molar-refractivity contribution in [1.29, 1.82) is 0 Å². The van der Waals surface area contributed by atoms with Gasteiger partial charge in [-0.1, -0.05) is 0 Å². The van der Waals surface area contributed by atoms with Crippen LogP contribution in [-0.2, 0) is 6.18 Å². The first-order valence-corrected chi connectivity index (χ1v) is 5.88. The number of hydrogen-bond donors (Lipinski definition) is 1. The van der Waals surface area contributed by atoms with E-state index in [0.29, 0.717) is 5.52 Å². The van der Waals surface area contributed by atoms with E-state index < -0.39 is 11.7 Å². The highest BCUT2D eigenvalue weighted by Gasteiger charge is 2.30. The summed E-state index contributed by atoms with van der Waals surface area (Å²) in [6.07, 6.45) is -4.31. The maximum absolute atomic E-state index is 12.5. The summed E-state index contributed by atoms with van der Waals surface area (Å²) in [6, 6.07) is 3.70. The van der Waals surface area contributed by atoms with E-state index in [1.165, 1.54) is 17.4 Å². The number of aromatic nitrogens is 1. The van der Waals surface area contributed by atoms with Crippen LogP contribution in [0.25, 0.3) is 10.2 Å². The van der Waals surface area contributed by atoms with Gasteiger partial charge in [0.2, 0.25) is 0 Å². The average molecular weight is 260 g/mol. The molecule has 0 saturated heterocycles. The molecule has 92 valence electrons. The Hall–Kier alpha value is -1.14. The second-order valence-electron chi connectivity index (χ2n) is 3.74. The predicted octanol–water partition coefficient (Wildman–Crippen LogP) is 3.60. The second-order valence-corrected chi connectivity index (χ2v) is 4.80. The molecular formula is C11H11F3N2S. The van der Waals surface area contributed by atoms with Crippen molar-refractivity contribution in [3.05, 3.63) is 28.8 Å². The number of halogens is 3. The van der Waals surface area contributed by atoms with Crippen LogP contribution in [0.2, 0.25) is 0 Å². The molecule has 2 aromatic rings. The van der Waals surface area contributed by atoms with E-state index in [1.807, 2.05) is 6.92 Å². The molecule has 0 saturated carbocycles. The molecule has 0 aliphatic carbocycles. The van der Waals surface area contributed by atoms with Gasteiger partial charge in [-0.2, -0.15) is 13.2 Å². The Morgan fingerprint density at radius 3 is 2.65 bits per heavy atom. The molecule has 0 spiro atoms. The van der Waals surface area contributed by atoms with Crippen LogP contribution in [0.5, 0.6) is 0 Å². The van der Waals surface area contributed by atoms with Gasteiger partial charge in [0.15, 0.2) is 0 Å². The lowest BCUT2D eigenvalue weighted by Gasteiger charge is -2.05. The summed E-state index contributed by atoms with van der Waals surface area (Å²) in [6.45, 7) is 1.92. The number of benzene rings is 1. The minimum atomic E-state index is -4.31. The van der Waals surface area contributed by atoms with Gasteiger partial charge >= 0.3 is 6.18 Å². The van der Waals surface area contributed by atoms with E-state index in [4.69, 9.17) is 0 Å². The van der Waals surface area contributed by atoms with Crippen LogP contribution in [0.1, 0.15) is 23.5 Å². The number of rotatable bonds is 2. The van der Waals surface area contributed by atoms with Crippen molar-refractivity contribution in [3.63, 3.8) is 0 Å². The van der Waals surface area contributed by atoms with Crippen LogP contribution in [-0.4, -0.2) is 12.0 Å². The van der Waals surface area contributed by atoms with E-state index in [-0.39, 0.29) is 6.04 Å². The summed E-state index contributed by atoms with van der Waals surface area (Å²) in [5.74, 6) is 0. The minimum Gasteiger partial charge on any atom is -0.311 e. The van der Waals surface area contributed by atoms with Crippen LogP contribution < -0.4 is 5.32 Å². The summed E-state index contributed by atoms with van der Waals surface area (Å²) in [7, 11) is 1.79. The third kappa shape index (κ3) is 2.42. The maximum Gasteiger partial charge on any atom is 0.416 e. The smallest absolute Gasteiger partial charge is 0.311 e. The van der Waals surface area contributed by atoms with E-state index in [0.717, 1.165) is 21.8 Å². The Bertz CT molecular complexity index is 533. The van der Waals surface area contributed by atoms with Gasteiger partial charge in [-0.05, 0) is 32.2 Å². The van der Waals surface area contributed by atoms with Gasteiger partial charge in [-0.25, -0.2) is 4.98 Å². The first-order valence-electron chi connectivity index (χ1n) is 5.07. The topological polar surface area (TPSA) is 24.9 Å². The van der Waals surface area contributed by atoms with Gasteiger partial charge in [0.05, 0.1) is 21.8 Å². The van der Waals surface area contributed by atoms with Crippen LogP contribution in [0, 0.1) is 0 Å². The van der Waals surface area contributed by atoms with Gasteiger partial charge in [0.1, 0.15) is 5.01 Å². The Kier molecular flexibility index (Phi) is 3.09. The van der Waals surface area contributed by atoms with E-state index in [9.17, 15) is 13.2 Å². The van der Waals surface area contributed by atoms with Crippen molar-refractivity contribution in [3.8, 4) is 0 Å². The molecule has 0 amide bonds. The molecule has 6 heteroatoms. The molecule has 1 heterocycles. The van der Waals surface area contributed by atoms with Crippen LogP contribution in [0.4, 0.5) is 13.2 Å². The number of nitrogens with one attached hydrogen (secondary N) is 1. The van der Waals surface area contributed by atoms with Gasteiger partial charge in [-0.15, -0.1) is 11.3 Å². The summed E-state index contributed by atoms with van der Waals surface area (Å²) < 4.78 is 38.3. The summed E-state index contributed by atoms with van der Waals surface area (Å²) in [5.41, 5.74) is -0.249. The third-order valence-electron chi connectivity index (χ3n) is 2.53. The molecule has 0 aliphatic heterocycles. The zero-order valence-electron chi connectivity index (χ0n) is 9.30. The van der Waals surface area contributed by atoms with Crippen LogP contribution >= 0.6 is 11.3 Å². The van der Waals surface area contributed by atoms with E-state index >= 15 is 0 Å². The normalized spacial score (nSPS) is 14.2. The highest BCUT2D eigenvalue weighted by molar-refractivity contribution is 7.18. The van der Waals surface area contributed by atoms with Crippen LogP contribution in [0.15, 0.2) is 18.2 Å². The lowest BCUT2D eigenvalue weighted by molar-refractivity contribution is -0.137. The molecule has 1 atom stereocenters. The fourth-order valence-electron chi connectivity index (χ4n) is 1.43. The van der Waals surface area contributed by atoms with Gasteiger partial charge in [0.25, 0.3) is 0 Å². The molecule has 2 rings (SSSR count).